The minimum atomic E-state index is 0.436. The lowest BCUT2D eigenvalue weighted by Gasteiger charge is -2.39. The molecule has 4 aromatic rings. The monoisotopic (exact) mass is 480 g/mol. The van der Waals surface area contributed by atoms with Crippen LogP contribution in [0, 0.1) is 0 Å². The molecule has 3 aliphatic rings. The molecule has 2 aromatic heterocycles. The van der Waals surface area contributed by atoms with Crippen molar-refractivity contribution in [2.75, 3.05) is 18.8 Å². The lowest BCUT2D eigenvalue weighted by atomic mass is 9.89. The summed E-state index contributed by atoms with van der Waals surface area (Å²) in [4.78, 5) is 11.8. The third-order valence-electron chi connectivity index (χ3n) is 8.41. The Bertz CT molecular complexity index is 1360. The normalized spacial score (nSPS) is 26.0. The van der Waals surface area contributed by atoms with Crippen molar-refractivity contribution in [1.29, 1.82) is 0 Å². The molecule has 0 amide bonds. The Kier molecular flexibility index (Phi) is 5.40. The molecule has 0 radical (unpaired) electrons. The number of para-hydroxylation sites is 1. The summed E-state index contributed by atoms with van der Waals surface area (Å²) in [6, 6.07) is 20.7. The molecule has 2 aromatic carbocycles. The van der Waals surface area contributed by atoms with Gasteiger partial charge in [0.25, 0.3) is 0 Å². The van der Waals surface area contributed by atoms with Gasteiger partial charge >= 0.3 is 0 Å². The molecule has 184 valence electrons. The van der Waals surface area contributed by atoms with Crippen LogP contribution in [-0.2, 0) is 0 Å². The number of nitrogens with two attached hydrogens (primary N) is 1. The largest absolute Gasteiger partial charge is 0.457 e. The molecule has 2 saturated heterocycles. The average molecular weight is 481 g/mol. The third-order valence-corrected chi connectivity index (χ3v) is 8.41. The lowest BCUT2D eigenvalue weighted by molar-refractivity contribution is 0.113. The molecule has 0 spiro atoms. The third kappa shape index (κ3) is 3.83. The molecule has 0 unspecified atom stereocenters. The summed E-state index contributed by atoms with van der Waals surface area (Å²) < 4.78 is 8.35. The maximum absolute atomic E-state index is 6.41. The summed E-state index contributed by atoms with van der Waals surface area (Å²) in [6.07, 6.45) is 10.00. The van der Waals surface area contributed by atoms with Crippen LogP contribution in [0.1, 0.15) is 38.1 Å². The standard InChI is InChI=1S/C29H32N6O/c30-28-27-26(19-6-12-25(13-7-19)36-24-4-2-1-3-5-24)17-35(29(27)33-18-32-28)22-10-8-21(9-11-22)34-16-20-14-23(34)15-31-20/h1-7,12-13,17-18,20-23,31H,8-11,14-16H2,(H2,30,32,33)/t20-,21?,22?,23-/m0/s1. The summed E-state index contributed by atoms with van der Waals surface area (Å²) in [5.41, 5.74) is 9.52. The van der Waals surface area contributed by atoms with E-state index in [4.69, 9.17) is 15.5 Å². The molecular weight excluding hydrogens is 448 g/mol. The number of nitrogen functional groups attached to an aromatic ring is 1. The van der Waals surface area contributed by atoms with Crippen molar-refractivity contribution in [3.63, 3.8) is 0 Å². The topological polar surface area (TPSA) is 81.2 Å². The number of anilines is 1. The molecule has 7 nitrogen and oxygen atoms in total. The Morgan fingerprint density at radius 2 is 1.61 bits per heavy atom. The van der Waals surface area contributed by atoms with Gasteiger partial charge in [0.1, 0.15) is 29.3 Å². The number of fused-ring (bicyclic) bond motifs is 3. The molecule has 7 rings (SSSR count). The predicted octanol–water partition coefficient (Wildman–Crippen LogP) is 5.00. The maximum atomic E-state index is 6.41. The van der Waals surface area contributed by atoms with Crippen molar-refractivity contribution in [3.05, 3.63) is 67.1 Å². The number of ether oxygens (including phenoxy) is 1. The number of aromatic nitrogens is 3. The van der Waals surface area contributed by atoms with Crippen molar-refractivity contribution in [1.82, 2.24) is 24.8 Å². The zero-order valence-corrected chi connectivity index (χ0v) is 20.4. The number of piperazine rings is 1. The first-order valence-corrected chi connectivity index (χ1v) is 13.2. The molecular formula is C29H32N6O. The second-order valence-electron chi connectivity index (χ2n) is 10.5. The number of benzene rings is 2. The van der Waals surface area contributed by atoms with E-state index < -0.39 is 0 Å². The quantitative estimate of drug-likeness (QED) is 0.418. The number of likely N-dealkylation sites (tertiary alicyclic amines) is 1. The van der Waals surface area contributed by atoms with Gasteiger partial charge in [-0.3, -0.25) is 4.90 Å². The van der Waals surface area contributed by atoms with E-state index in [-0.39, 0.29) is 0 Å². The fourth-order valence-corrected chi connectivity index (χ4v) is 6.64. The first kappa shape index (κ1) is 21.8. The average Bonchev–Trinajstić information content (AvgIpc) is 3.65. The van der Waals surface area contributed by atoms with Crippen molar-refractivity contribution >= 4 is 16.9 Å². The first-order chi connectivity index (χ1) is 17.7. The fourth-order valence-electron chi connectivity index (χ4n) is 6.64. The Balaban J connectivity index is 1.14. The van der Waals surface area contributed by atoms with E-state index in [2.05, 4.69) is 38.1 Å². The SMILES string of the molecule is Nc1ncnc2c1c(-c1ccc(Oc3ccccc3)cc1)cn2C1CCC(N2C[C@@H]3C[C@H]2CN3)CC1. The number of hydrogen-bond acceptors (Lipinski definition) is 6. The van der Waals surface area contributed by atoms with Crippen LogP contribution in [-0.4, -0.2) is 50.7 Å². The highest BCUT2D eigenvalue weighted by atomic mass is 16.5. The van der Waals surface area contributed by atoms with E-state index in [1.807, 2.05) is 42.5 Å². The molecule has 36 heavy (non-hydrogen) atoms. The number of nitrogens with one attached hydrogen (secondary N) is 1. The molecule has 2 aliphatic heterocycles. The van der Waals surface area contributed by atoms with Gasteiger partial charge in [0.05, 0.1) is 5.39 Å². The smallest absolute Gasteiger partial charge is 0.146 e. The highest BCUT2D eigenvalue weighted by molar-refractivity contribution is 6.00. The molecule has 3 N–H and O–H groups in total. The zero-order chi connectivity index (χ0) is 24.1. The first-order valence-electron chi connectivity index (χ1n) is 13.2. The molecule has 1 saturated carbocycles. The van der Waals surface area contributed by atoms with Crippen LogP contribution in [0.3, 0.4) is 0 Å². The van der Waals surface area contributed by atoms with Gasteiger partial charge in [0.2, 0.25) is 0 Å². The van der Waals surface area contributed by atoms with Crippen LogP contribution in [0.5, 0.6) is 11.5 Å². The Hall–Kier alpha value is -3.42. The zero-order valence-electron chi connectivity index (χ0n) is 20.4. The summed E-state index contributed by atoms with van der Waals surface area (Å²) in [5.74, 6) is 2.17. The van der Waals surface area contributed by atoms with E-state index in [0.717, 1.165) is 45.7 Å². The molecule has 2 bridgehead atoms. The molecule has 7 heteroatoms. The summed E-state index contributed by atoms with van der Waals surface area (Å²) in [6.45, 7) is 2.39. The van der Waals surface area contributed by atoms with Gasteiger partial charge in [-0.05, 0) is 61.9 Å². The minimum Gasteiger partial charge on any atom is -0.457 e. The van der Waals surface area contributed by atoms with Crippen LogP contribution >= 0.6 is 0 Å². The van der Waals surface area contributed by atoms with Crippen molar-refractivity contribution < 1.29 is 4.74 Å². The minimum absolute atomic E-state index is 0.436. The van der Waals surface area contributed by atoms with Gasteiger partial charge < -0.3 is 20.4 Å². The van der Waals surface area contributed by atoms with Crippen molar-refractivity contribution in [3.8, 4) is 22.6 Å². The Morgan fingerprint density at radius 1 is 0.861 bits per heavy atom. The van der Waals surface area contributed by atoms with Gasteiger partial charge in [-0.15, -0.1) is 0 Å². The molecule has 2 atom stereocenters. The van der Waals surface area contributed by atoms with E-state index in [1.54, 1.807) is 6.33 Å². The van der Waals surface area contributed by atoms with E-state index in [9.17, 15) is 0 Å². The van der Waals surface area contributed by atoms with Crippen LogP contribution in [0.2, 0.25) is 0 Å². The predicted molar refractivity (Wildman–Crippen MR) is 142 cm³/mol. The van der Waals surface area contributed by atoms with Gasteiger partial charge in [0.15, 0.2) is 0 Å². The van der Waals surface area contributed by atoms with Crippen LogP contribution in [0.4, 0.5) is 5.82 Å². The van der Waals surface area contributed by atoms with Crippen molar-refractivity contribution in [2.24, 2.45) is 0 Å². The Morgan fingerprint density at radius 3 is 2.33 bits per heavy atom. The van der Waals surface area contributed by atoms with Crippen LogP contribution in [0.15, 0.2) is 67.1 Å². The second-order valence-corrected chi connectivity index (χ2v) is 10.5. The highest BCUT2D eigenvalue weighted by Gasteiger charge is 2.41. The lowest BCUT2D eigenvalue weighted by Crippen LogP contribution is -2.49. The molecule has 3 fully saturated rings. The van der Waals surface area contributed by atoms with Gasteiger partial charge in [0, 0.05) is 49.0 Å². The van der Waals surface area contributed by atoms with E-state index in [1.165, 1.54) is 45.2 Å². The maximum Gasteiger partial charge on any atom is 0.146 e. The summed E-state index contributed by atoms with van der Waals surface area (Å²) >= 11 is 0. The summed E-state index contributed by atoms with van der Waals surface area (Å²) in [5, 5.41) is 4.58. The van der Waals surface area contributed by atoms with E-state index >= 15 is 0 Å². The van der Waals surface area contributed by atoms with E-state index in [0.29, 0.717) is 17.9 Å². The van der Waals surface area contributed by atoms with Gasteiger partial charge in [-0.1, -0.05) is 30.3 Å². The second kappa shape index (κ2) is 8.91. The molecule has 1 aliphatic carbocycles. The highest BCUT2D eigenvalue weighted by Crippen LogP contribution is 2.40. The van der Waals surface area contributed by atoms with Gasteiger partial charge in [-0.25, -0.2) is 9.97 Å². The van der Waals surface area contributed by atoms with Crippen LogP contribution in [0.25, 0.3) is 22.2 Å². The van der Waals surface area contributed by atoms with Crippen molar-refractivity contribution in [2.45, 2.75) is 56.3 Å². The molecule has 4 heterocycles. The summed E-state index contributed by atoms with van der Waals surface area (Å²) in [7, 11) is 0. The van der Waals surface area contributed by atoms with Gasteiger partial charge in [-0.2, -0.15) is 0 Å². The number of hydrogen-bond donors (Lipinski definition) is 2. The number of rotatable bonds is 5. The Labute approximate surface area is 211 Å². The van der Waals surface area contributed by atoms with Crippen LogP contribution < -0.4 is 15.8 Å². The fraction of sp³-hybridized carbons (Fsp3) is 0.379. The number of nitrogens with zero attached hydrogens (tertiary/aromatic N) is 4.